The van der Waals surface area contributed by atoms with Crippen molar-refractivity contribution >= 4 is 58.0 Å². The van der Waals surface area contributed by atoms with Crippen molar-refractivity contribution in [3.8, 4) is 17.2 Å². The van der Waals surface area contributed by atoms with Crippen molar-refractivity contribution in [2.75, 3.05) is 30.0 Å². The number of ether oxygens (including phenoxy) is 3. The molecule has 37 heavy (non-hydrogen) atoms. The molecule has 0 bridgehead atoms. The number of nitrogens with one attached hydrogen (secondary N) is 1. The van der Waals surface area contributed by atoms with Gasteiger partial charge in [0.25, 0.3) is 11.8 Å². The Morgan fingerprint density at radius 1 is 1.03 bits per heavy atom. The van der Waals surface area contributed by atoms with Gasteiger partial charge >= 0.3 is 0 Å². The molecule has 4 rings (SSSR count). The van der Waals surface area contributed by atoms with Crippen LogP contribution in [0.25, 0.3) is 0 Å². The highest BCUT2D eigenvalue weighted by molar-refractivity contribution is 6.35. The highest BCUT2D eigenvalue weighted by atomic mass is 35.5. The molecule has 1 unspecified atom stereocenters. The molecular formula is C27H25Cl3N2O5. The number of fused-ring (bicyclic) bond motifs is 1. The fourth-order valence-corrected chi connectivity index (χ4v) is 4.26. The maximum Gasteiger partial charge on any atom is 0.265 e. The van der Waals surface area contributed by atoms with Crippen LogP contribution in [0.4, 0.5) is 11.4 Å². The minimum atomic E-state index is -0.829. The van der Waals surface area contributed by atoms with Crippen LogP contribution in [0.2, 0.25) is 15.1 Å². The summed E-state index contributed by atoms with van der Waals surface area (Å²) in [4.78, 5) is 27.0. The second-order valence-corrected chi connectivity index (χ2v) is 9.63. The van der Waals surface area contributed by atoms with Gasteiger partial charge in [0.05, 0.1) is 17.3 Å². The van der Waals surface area contributed by atoms with Crippen molar-refractivity contribution in [2.45, 2.75) is 25.9 Å². The molecule has 10 heteroatoms. The maximum absolute atomic E-state index is 12.8. The first-order chi connectivity index (χ1) is 17.8. The van der Waals surface area contributed by atoms with Gasteiger partial charge in [-0.15, -0.1) is 0 Å². The molecule has 1 aliphatic heterocycles. The van der Waals surface area contributed by atoms with Crippen LogP contribution in [0.3, 0.4) is 0 Å². The molecule has 0 radical (unpaired) electrons. The quantitative estimate of drug-likeness (QED) is 0.280. The van der Waals surface area contributed by atoms with Crippen molar-refractivity contribution in [1.29, 1.82) is 0 Å². The first-order valence-corrected chi connectivity index (χ1v) is 12.8. The molecule has 0 aromatic heterocycles. The Labute approximate surface area is 230 Å². The van der Waals surface area contributed by atoms with Crippen LogP contribution >= 0.6 is 34.8 Å². The molecule has 3 aromatic rings. The number of rotatable bonds is 10. The molecular weight excluding hydrogens is 539 g/mol. The summed E-state index contributed by atoms with van der Waals surface area (Å²) < 4.78 is 17.0. The number of benzene rings is 3. The van der Waals surface area contributed by atoms with Crippen LogP contribution in [0.1, 0.15) is 19.8 Å². The van der Waals surface area contributed by atoms with E-state index in [1.807, 2.05) is 12.1 Å². The average Bonchev–Trinajstić information content (AvgIpc) is 2.87. The molecule has 1 aliphatic rings. The normalized spacial score (nSPS) is 13.4. The van der Waals surface area contributed by atoms with Crippen LogP contribution in [0, 0.1) is 0 Å². The smallest absolute Gasteiger partial charge is 0.265 e. The number of anilines is 2. The Morgan fingerprint density at radius 2 is 1.78 bits per heavy atom. The summed E-state index contributed by atoms with van der Waals surface area (Å²) in [7, 11) is 0. The van der Waals surface area contributed by atoms with E-state index in [2.05, 4.69) is 5.32 Å². The Hall–Kier alpha value is -3.13. The van der Waals surface area contributed by atoms with Gasteiger partial charge in [0.15, 0.2) is 12.7 Å². The number of carbonyl (C=O) groups is 2. The topological polar surface area (TPSA) is 77.1 Å². The van der Waals surface area contributed by atoms with E-state index in [0.717, 1.165) is 18.6 Å². The molecule has 1 N–H and O–H groups in total. The van der Waals surface area contributed by atoms with Gasteiger partial charge in [-0.2, -0.15) is 0 Å². The number of nitrogens with zero attached hydrogens (tertiary/aromatic N) is 1. The zero-order chi connectivity index (χ0) is 26.4. The summed E-state index contributed by atoms with van der Waals surface area (Å²) in [5, 5.41) is 4.26. The van der Waals surface area contributed by atoms with Crippen LogP contribution in [0.15, 0.2) is 60.7 Å². The summed E-state index contributed by atoms with van der Waals surface area (Å²) in [6, 6.07) is 17.1. The fourth-order valence-electron chi connectivity index (χ4n) is 3.68. The van der Waals surface area contributed by atoms with Crippen LogP contribution in [-0.2, 0) is 9.59 Å². The lowest BCUT2D eigenvalue weighted by molar-refractivity contribution is -0.122. The van der Waals surface area contributed by atoms with Gasteiger partial charge in [0.2, 0.25) is 0 Å². The number of amides is 2. The fraction of sp³-hybridized carbons (Fsp3) is 0.259. The lowest BCUT2D eigenvalue weighted by Gasteiger charge is -2.30. The van der Waals surface area contributed by atoms with E-state index >= 15 is 0 Å². The summed E-state index contributed by atoms with van der Waals surface area (Å²) in [5.41, 5.74) is 1.11. The van der Waals surface area contributed by atoms with Crippen molar-refractivity contribution in [2.24, 2.45) is 0 Å². The SMILES string of the molecule is CC(Oc1ccc(Cl)cc1Cl)C(=O)Nc1ccc2c(c1)N(CCCCOc1ccc(Cl)cc1)C(=O)CO2. The third kappa shape index (κ3) is 7.22. The zero-order valence-corrected chi connectivity index (χ0v) is 22.3. The zero-order valence-electron chi connectivity index (χ0n) is 20.0. The Bertz CT molecular complexity index is 1270. The lowest BCUT2D eigenvalue weighted by atomic mass is 10.2. The van der Waals surface area contributed by atoms with Gasteiger partial charge in [-0.25, -0.2) is 0 Å². The summed E-state index contributed by atoms with van der Waals surface area (Å²) in [5.74, 6) is 1.15. The van der Waals surface area contributed by atoms with Crippen molar-refractivity contribution in [3.63, 3.8) is 0 Å². The van der Waals surface area contributed by atoms with Gasteiger partial charge < -0.3 is 24.4 Å². The van der Waals surface area contributed by atoms with Crippen LogP contribution < -0.4 is 24.4 Å². The van der Waals surface area contributed by atoms with Gasteiger partial charge in [-0.05, 0) is 80.4 Å². The van der Waals surface area contributed by atoms with E-state index in [1.54, 1.807) is 60.4 Å². The molecule has 0 aliphatic carbocycles. The summed E-state index contributed by atoms with van der Waals surface area (Å²) in [6.45, 7) is 2.58. The monoisotopic (exact) mass is 562 g/mol. The van der Waals surface area contributed by atoms with Crippen molar-refractivity contribution in [1.82, 2.24) is 0 Å². The molecule has 0 fully saturated rings. The molecule has 3 aromatic carbocycles. The molecule has 2 amide bonds. The second kappa shape index (κ2) is 12.4. The number of carbonyl (C=O) groups excluding carboxylic acids is 2. The predicted molar refractivity (Wildman–Crippen MR) is 146 cm³/mol. The van der Waals surface area contributed by atoms with E-state index < -0.39 is 6.10 Å². The van der Waals surface area contributed by atoms with Gasteiger partial charge in [-0.3, -0.25) is 9.59 Å². The predicted octanol–water partition coefficient (Wildman–Crippen LogP) is 6.64. The maximum atomic E-state index is 12.8. The molecule has 7 nitrogen and oxygen atoms in total. The van der Waals surface area contributed by atoms with E-state index in [-0.39, 0.29) is 18.4 Å². The number of halogens is 3. The first kappa shape index (κ1) is 26.9. The van der Waals surface area contributed by atoms with Crippen LogP contribution in [0.5, 0.6) is 17.2 Å². The minimum Gasteiger partial charge on any atom is -0.494 e. The van der Waals surface area contributed by atoms with E-state index in [9.17, 15) is 9.59 Å². The Kier molecular flexibility index (Phi) is 9.03. The molecule has 1 atom stereocenters. The van der Waals surface area contributed by atoms with E-state index in [4.69, 9.17) is 49.0 Å². The van der Waals surface area contributed by atoms with Gasteiger partial charge in [-0.1, -0.05) is 34.8 Å². The highest BCUT2D eigenvalue weighted by Crippen LogP contribution is 2.35. The van der Waals surface area contributed by atoms with Crippen LogP contribution in [-0.4, -0.2) is 37.7 Å². The number of unbranched alkanes of at least 4 members (excludes halogenated alkanes) is 1. The largest absolute Gasteiger partial charge is 0.494 e. The molecule has 0 saturated heterocycles. The number of hydrogen-bond acceptors (Lipinski definition) is 5. The molecule has 1 heterocycles. The third-order valence-corrected chi connectivity index (χ3v) is 6.38. The summed E-state index contributed by atoms with van der Waals surface area (Å²) in [6.07, 6.45) is 0.646. The first-order valence-electron chi connectivity index (χ1n) is 11.7. The van der Waals surface area contributed by atoms with E-state index in [0.29, 0.717) is 51.1 Å². The Balaban J connectivity index is 1.34. The van der Waals surface area contributed by atoms with Crippen molar-refractivity contribution < 1.29 is 23.8 Å². The molecule has 194 valence electrons. The second-order valence-electron chi connectivity index (χ2n) is 8.35. The van der Waals surface area contributed by atoms with Crippen molar-refractivity contribution in [3.05, 3.63) is 75.7 Å². The highest BCUT2D eigenvalue weighted by Gasteiger charge is 2.26. The minimum absolute atomic E-state index is 0.0350. The lowest BCUT2D eigenvalue weighted by Crippen LogP contribution is -2.39. The molecule has 0 spiro atoms. The standard InChI is InChI=1S/C27H25Cl3N2O5/c1-17(37-24-10-6-19(29)14-22(24)30)27(34)31-20-7-11-25-23(15-20)32(26(33)16-36-25)12-2-3-13-35-21-8-4-18(28)5-9-21/h4-11,14-15,17H,2-3,12-13,16H2,1H3,(H,31,34). The third-order valence-electron chi connectivity index (χ3n) is 5.59. The average molecular weight is 564 g/mol. The Morgan fingerprint density at radius 3 is 2.54 bits per heavy atom. The van der Waals surface area contributed by atoms with E-state index in [1.165, 1.54) is 0 Å². The van der Waals surface area contributed by atoms with Gasteiger partial charge in [0, 0.05) is 22.3 Å². The molecule has 0 saturated carbocycles. The number of hydrogen-bond donors (Lipinski definition) is 1. The summed E-state index contributed by atoms with van der Waals surface area (Å²) >= 11 is 17.9. The van der Waals surface area contributed by atoms with Gasteiger partial charge in [0.1, 0.15) is 17.2 Å².